The predicted octanol–water partition coefficient (Wildman–Crippen LogP) is 6.74. The summed E-state index contributed by atoms with van der Waals surface area (Å²) in [6, 6.07) is 11.5. The molecule has 3 aliphatic rings. The highest BCUT2D eigenvalue weighted by Gasteiger charge is 2.42. The molecule has 0 spiro atoms. The van der Waals surface area contributed by atoms with Crippen LogP contribution in [0.4, 0.5) is 0 Å². The van der Waals surface area contributed by atoms with Gasteiger partial charge < -0.3 is 19.8 Å². The molecule has 1 atom stereocenters. The summed E-state index contributed by atoms with van der Waals surface area (Å²) in [6.07, 6.45) is 11.4. The maximum atomic E-state index is 14.1. The first kappa shape index (κ1) is 30.6. The minimum atomic E-state index is -0.655. The van der Waals surface area contributed by atoms with Gasteiger partial charge in [-0.25, -0.2) is 15.0 Å². The van der Waals surface area contributed by atoms with E-state index in [-0.39, 0.29) is 11.8 Å². The highest BCUT2D eigenvalue weighted by atomic mass is 16.2. The molecule has 6 heterocycles. The molecule has 1 aliphatic carbocycles. The minimum Gasteiger partial charge on any atom is -0.339 e. The van der Waals surface area contributed by atoms with Gasteiger partial charge >= 0.3 is 0 Å². The van der Waals surface area contributed by atoms with Crippen LogP contribution < -0.4 is 5.32 Å². The van der Waals surface area contributed by atoms with Crippen molar-refractivity contribution in [1.29, 1.82) is 0 Å². The van der Waals surface area contributed by atoms with E-state index in [2.05, 4.69) is 90.1 Å². The predicted molar refractivity (Wildman–Crippen MR) is 185 cm³/mol. The van der Waals surface area contributed by atoms with Crippen molar-refractivity contribution in [2.24, 2.45) is 13.0 Å². The third-order valence-electron chi connectivity index (χ3n) is 10.6. The van der Waals surface area contributed by atoms with Gasteiger partial charge in [0.25, 0.3) is 0 Å². The van der Waals surface area contributed by atoms with Crippen LogP contribution in [-0.4, -0.2) is 61.0 Å². The van der Waals surface area contributed by atoms with Crippen molar-refractivity contribution >= 4 is 28.1 Å². The summed E-state index contributed by atoms with van der Waals surface area (Å²) in [4.78, 5) is 34.0. The summed E-state index contributed by atoms with van der Waals surface area (Å²) in [5.41, 5.74) is 10.2. The van der Waals surface area contributed by atoms with Crippen LogP contribution >= 0.6 is 0 Å². The number of aryl methyl sites for hydroxylation is 3. The van der Waals surface area contributed by atoms with Crippen molar-refractivity contribution in [2.45, 2.75) is 84.1 Å². The summed E-state index contributed by atoms with van der Waals surface area (Å²) in [5, 5.41) is 4.82. The number of imidazole rings is 1. The van der Waals surface area contributed by atoms with Gasteiger partial charge in [0.15, 0.2) is 5.65 Å². The molecular weight excluding hydrogens is 570 g/mol. The highest BCUT2D eigenvalue weighted by Crippen LogP contribution is 2.40. The Kier molecular flexibility index (Phi) is 7.96. The van der Waals surface area contributed by atoms with Crippen molar-refractivity contribution in [1.82, 2.24) is 34.7 Å². The van der Waals surface area contributed by atoms with Crippen LogP contribution in [0.5, 0.6) is 0 Å². The van der Waals surface area contributed by atoms with E-state index in [4.69, 9.17) is 4.98 Å². The van der Waals surface area contributed by atoms with Crippen molar-refractivity contribution in [3.05, 3.63) is 76.9 Å². The van der Waals surface area contributed by atoms with Gasteiger partial charge in [0.2, 0.25) is 5.91 Å². The summed E-state index contributed by atoms with van der Waals surface area (Å²) < 4.78 is 1.95. The van der Waals surface area contributed by atoms with E-state index < -0.39 is 5.41 Å². The van der Waals surface area contributed by atoms with E-state index in [1.54, 1.807) is 0 Å². The number of nitrogens with zero attached hydrogens (tertiary/aromatic N) is 5. The molecule has 8 nitrogen and oxygen atoms in total. The van der Waals surface area contributed by atoms with Gasteiger partial charge in [-0.3, -0.25) is 4.79 Å². The Morgan fingerprint density at radius 1 is 1.02 bits per heavy atom. The van der Waals surface area contributed by atoms with Crippen LogP contribution in [0.25, 0.3) is 33.5 Å². The molecule has 240 valence electrons. The zero-order chi connectivity index (χ0) is 32.2. The topological polar surface area (TPSA) is 91.7 Å². The SMILES string of the molecule is Cc1cc(C)cc(-c2[nH]c3ncc(C(C)(C)C(=O)N4CC5CCC4CC5)cc3c2C(C)CNCCc2cnc3c(c2)ncn3C)c1. The molecule has 0 radical (unpaired) electrons. The third kappa shape index (κ3) is 5.61. The van der Waals surface area contributed by atoms with Crippen molar-refractivity contribution in [3.63, 3.8) is 0 Å². The number of aromatic amines is 1. The lowest BCUT2D eigenvalue weighted by atomic mass is 9.76. The summed E-state index contributed by atoms with van der Waals surface area (Å²) in [7, 11) is 1.97. The monoisotopic (exact) mass is 617 g/mol. The lowest BCUT2D eigenvalue weighted by Gasteiger charge is -2.47. The second-order valence-corrected chi connectivity index (χ2v) is 14.6. The van der Waals surface area contributed by atoms with Crippen LogP contribution in [-0.2, 0) is 23.7 Å². The van der Waals surface area contributed by atoms with Gasteiger partial charge in [-0.15, -0.1) is 0 Å². The molecule has 1 amide bonds. The third-order valence-corrected chi connectivity index (χ3v) is 10.6. The zero-order valence-corrected chi connectivity index (χ0v) is 28.2. The average Bonchev–Trinajstić information content (AvgIpc) is 3.62. The molecule has 3 fully saturated rings. The molecule has 1 saturated carbocycles. The fraction of sp³-hybridized carbons (Fsp3) is 0.474. The molecule has 8 heteroatoms. The van der Waals surface area contributed by atoms with Gasteiger partial charge in [-0.2, -0.15) is 0 Å². The maximum absolute atomic E-state index is 14.1. The van der Waals surface area contributed by atoms with E-state index in [0.717, 1.165) is 72.4 Å². The number of H-pyrrole nitrogens is 1. The van der Waals surface area contributed by atoms with E-state index in [9.17, 15) is 4.79 Å². The van der Waals surface area contributed by atoms with E-state index in [1.165, 1.54) is 40.7 Å². The minimum absolute atomic E-state index is 0.203. The average molecular weight is 618 g/mol. The molecule has 2 N–H and O–H groups in total. The van der Waals surface area contributed by atoms with E-state index in [1.807, 2.05) is 30.3 Å². The Labute approximate surface area is 272 Å². The van der Waals surface area contributed by atoms with Crippen LogP contribution in [0, 0.1) is 19.8 Å². The number of piperidine rings is 2. The number of aromatic nitrogens is 5. The van der Waals surface area contributed by atoms with Gasteiger partial charge in [0.1, 0.15) is 11.2 Å². The largest absolute Gasteiger partial charge is 0.339 e. The van der Waals surface area contributed by atoms with Gasteiger partial charge in [0, 0.05) is 44.0 Å². The van der Waals surface area contributed by atoms with Gasteiger partial charge in [0.05, 0.1) is 17.4 Å². The second-order valence-electron chi connectivity index (χ2n) is 14.6. The number of hydrogen-bond donors (Lipinski definition) is 2. The number of pyridine rings is 2. The molecule has 8 rings (SSSR count). The number of fused-ring (bicyclic) bond motifs is 5. The van der Waals surface area contributed by atoms with Crippen molar-refractivity contribution in [3.8, 4) is 11.3 Å². The number of nitrogens with one attached hydrogen (secondary N) is 2. The van der Waals surface area contributed by atoms with E-state index in [0.29, 0.717) is 12.0 Å². The molecule has 5 aromatic rings. The lowest BCUT2D eigenvalue weighted by Crippen LogP contribution is -2.55. The highest BCUT2D eigenvalue weighted by molar-refractivity contribution is 5.93. The Bertz CT molecular complexity index is 1890. The Balaban J connectivity index is 1.17. The van der Waals surface area contributed by atoms with Gasteiger partial charge in [-0.1, -0.05) is 24.1 Å². The lowest BCUT2D eigenvalue weighted by molar-refractivity contribution is -0.144. The summed E-state index contributed by atoms with van der Waals surface area (Å²) in [5.74, 6) is 1.10. The van der Waals surface area contributed by atoms with Gasteiger partial charge in [-0.05, 0) is 125 Å². The number of benzene rings is 1. The van der Waals surface area contributed by atoms with Crippen LogP contribution in [0.3, 0.4) is 0 Å². The first-order valence-electron chi connectivity index (χ1n) is 17.0. The molecule has 46 heavy (non-hydrogen) atoms. The molecule has 1 aromatic carbocycles. The smallest absolute Gasteiger partial charge is 0.232 e. The fourth-order valence-electron chi connectivity index (χ4n) is 7.94. The maximum Gasteiger partial charge on any atom is 0.232 e. The second kappa shape index (κ2) is 12.0. The quantitative estimate of drug-likeness (QED) is 0.179. The molecule has 4 aromatic heterocycles. The first-order chi connectivity index (χ1) is 22.1. The normalized spacial score (nSPS) is 19.0. The first-order valence-corrected chi connectivity index (χ1v) is 17.0. The molecule has 2 aliphatic heterocycles. The van der Waals surface area contributed by atoms with Crippen molar-refractivity contribution < 1.29 is 4.79 Å². The fourth-order valence-corrected chi connectivity index (χ4v) is 7.94. The van der Waals surface area contributed by atoms with Crippen LogP contribution in [0.2, 0.25) is 0 Å². The van der Waals surface area contributed by atoms with Crippen LogP contribution in [0.1, 0.15) is 80.2 Å². The standard InChI is InChI=1S/C38H47N7O/c1-23-13-24(2)15-28(14-23)34-33(25(3)18-39-12-11-27-16-32-36(41-19-27)44(6)22-42-32)31-17-29(20-40-35(31)43-34)38(4,5)37(46)45-21-26-7-9-30(45)10-8-26/h13-17,19-20,22,25-26,30,39H,7-12,18,21H2,1-6H3,(H,40,43). The molecule has 2 bridgehead atoms. The summed E-state index contributed by atoms with van der Waals surface area (Å²) >= 11 is 0. The summed E-state index contributed by atoms with van der Waals surface area (Å²) in [6.45, 7) is 13.3. The molecular formula is C38H47N7O. The molecule has 1 unspecified atom stereocenters. The number of rotatable bonds is 9. The zero-order valence-electron chi connectivity index (χ0n) is 28.2. The Hall–Kier alpha value is -4.04. The van der Waals surface area contributed by atoms with Crippen LogP contribution in [0.15, 0.2) is 49.1 Å². The van der Waals surface area contributed by atoms with Crippen molar-refractivity contribution in [2.75, 3.05) is 19.6 Å². The number of amides is 1. The van der Waals surface area contributed by atoms with E-state index >= 15 is 0 Å². The Morgan fingerprint density at radius 2 is 1.78 bits per heavy atom. The molecule has 2 saturated heterocycles. The number of hydrogen-bond acceptors (Lipinski definition) is 5. The number of carbonyl (C=O) groups is 1. The number of carbonyl (C=O) groups excluding carboxylic acids is 1. The Morgan fingerprint density at radius 3 is 2.50 bits per heavy atom.